The highest BCUT2D eigenvalue weighted by Gasteiger charge is 2.17. The summed E-state index contributed by atoms with van der Waals surface area (Å²) in [4.78, 5) is 2.10. The average molecular weight is 274 g/mol. The molecule has 0 aliphatic heterocycles. The Bertz CT molecular complexity index is 482. The first kappa shape index (κ1) is 14.8. The van der Waals surface area contributed by atoms with E-state index in [0.29, 0.717) is 6.54 Å². The molecule has 1 aromatic heterocycles. The fourth-order valence-corrected chi connectivity index (χ4v) is 2.17. The second-order valence-corrected chi connectivity index (χ2v) is 5.08. The number of hydrogen-bond acceptors (Lipinski definition) is 4. The predicted octanol–water partition coefficient (Wildman–Crippen LogP) is 2.21. The lowest BCUT2D eigenvalue weighted by Gasteiger charge is -2.23. The molecule has 0 aliphatic rings. The van der Waals surface area contributed by atoms with Gasteiger partial charge in [0.1, 0.15) is 5.76 Å². The second-order valence-electron chi connectivity index (χ2n) is 5.08. The van der Waals surface area contributed by atoms with Crippen LogP contribution in [0.4, 0.5) is 0 Å². The molecule has 0 bridgehead atoms. The Morgan fingerprint density at radius 1 is 1.10 bits per heavy atom. The van der Waals surface area contributed by atoms with Crippen molar-refractivity contribution in [2.75, 3.05) is 27.2 Å². The Labute approximate surface area is 120 Å². The van der Waals surface area contributed by atoms with Crippen molar-refractivity contribution in [1.82, 2.24) is 10.2 Å². The summed E-state index contributed by atoms with van der Waals surface area (Å²) in [7, 11) is 4.03. The van der Waals surface area contributed by atoms with E-state index in [-0.39, 0.29) is 6.04 Å². The van der Waals surface area contributed by atoms with Crippen LogP contribution in [0.5, 0.6) is 0 Å². The van der Waals surface area contributed by atoms with Crippen LogP contribution in [0.2, 0.25) is 0 Å². The number of aliphatic hydroxyl groups excluding tert-OH is 1. The Balaban J connectivity index is 1.85. The van der Waals surface area contributed by atoms with Gasteiger partial charge in [0, 0.05) is 13.1 Å². The van der Waals surface area contributed by atoms with E-state index >= 15 is 0 Å². The molecular formula is C16H22N2O2. The first-order valence-corrected chi connectivity index (χ1v) is 6.82. The summed E-state index contributed by atoms with van der Waals surface area (Å²) in [5.41, 5.74) is 0.930. The smallest absolute Gasteiger partial charge is 0.122 e. The van der Waals surface area contributed by atoms with Gasteiger partial charge in [-0.2, -0.15) is 0 Å². The maximum absolute atomic E-state index is 10.1. The monoisotopic (exact) mass is 274 g/mol. The van der Waals surface area contributed by atoms with Gasteiger partial charge >= 0.3 is 0 Å². The van der Waals surface area contributed by atoms with Gasteiger partial charge in [-0.05, 0) is 31.8 Å². The summed E-state index contributed by atoms with van der Waals surface area (Å²) < 4.78 is 5.45. The fraction of sp³-hybridized carbons (Fsp3) is 0.375. The molecule has 108 valence electrons. The van der Waals surface area contributed by atoms with Crippen molar-refractivity contribution in [3.8, 4) is 0 Å². The number of rotatable bonds is 7. The van der Waals surface area contributed by atoms with Crippen molar-refractivity contribution in [3.63, 3.8) is 0 Å². The maximum atomic E-state index is 10.1. The molecule has 0 saturated carbocycles. The number of furan rings is 1. The van der Waals surface area contributed by atoms with Crippen LogP contribution in [0.1, 0.15) is 23.5 Å². The normalized spacial score (nSPS) is 14.4. The van der Waals surface area contributed by atoms with Crippen molar-refractivity contribution in [1.29, 1.82) is 0 Å². The second kappa shape index (κ2) is 7.24. The number of nitrogens with one attached hydrogen (secondary N) is 1. The van der Waals surface area contributed by atoms with Crippen LogP contribution < -0.4 is 5.32 Å². The molecule has 1 aromatic carbocycles. The van der Waals surface area contributed by atoms with E-state index < -0.39 is 6.10 Å². The minimum absolute atomic E-state index is 0.160. The zero-order valence-electron chi connectivity index (χ0n) is 12.0. The molecule has 2 N–H and O–H groups in total. The molecule has 4 nitrogen and oxygen atoms in total. The fourth-order valence-electron chi connectivity index (χ4n) is 2.17. The van der Waals surface area contributed by atoms with Gasteiger partial charge in [0.15, 0.2) is 0 Å². The first-order valence-electron chi connectivity index (χ1n) is 6.82. The van der Waals surface area contributed by atoms with Crippen molar-refractivity contribution in [3.05, 3.63) is 60.1 Å². The molecule has 2 atom stereocenters. The molecular weight excluding hydrogens is 252 g/mol. The molecule has 0 aliphatic carbocycles. The van der Waals surface area contributed by atoms with Gasteiger partial charge in [0.25, 0.3) is 0 Å². The topological polar surface area (TPSA) is 48.6 Å². The number of benzene rings is 1. The molecule has 20 heavy (non-hydrogen) atoms. The van der Waals surface area contributed by atoms with Crippen molar-refractivity contribution >= 4 is 0 Å². The van der Waals surface area contributed by atoms with E-state index in [9.17, 15) is 5.11 Å². The quantitative estimate of drug-likeness (QED) is 0.812. The molecule has 2 unspecified atom stereocenters. The molecule has 0 amide bonds. The average Bonchev–Trinajstić information content (AvgIpc) is 2.97. The van der Waals surface area contributed by atoms with E-state index in [4.69, 9.17) is 4.42 Å². The SMILES string of the molecule is CN(C)C(CNCC(O)c1ccccc1)c1ccco1. The van der Waals surface area contributed by atoms with Crippen molar-refractivity contribution < 1.29 is 9.52 Å². The Morgan fingerprint density at radius 3 is 2.45 bits per heavy atom. The summed E-state index contributed by atoms with van der Waals surface area (Å²) in [6, 6.07) is 13.7. The Hall–Kier alpha value is -1.62. The lowest BCUT2D eigenvalue weighted by Crippen LogP contribution is -2.33. The van der Waals surface area contributed by atoms with Gasteiger partial charge < -0.3 is 14.8 Å². The third-order valence-corrected chi connectivity index (χ3v) is 3.35. The third-order valence-electron chi connectivity index (χ3n) is 3.35. The predicted molar refractivity (Wildman–Crippen MR) is 79.4 cm³/mol. The number of nitrogens with zero attached hydrogens (tertiary/aromatic N) is 1. The van der Waals surface area contributed by atoms with Gasteiger partial charge in [-0.1, -0.05) is 30.3 Å². The molecule has 2 rings (SSSR count). The Morgan fingerprint density at radius 2 is 1.85 bits per heavy atom. The molecule has 0 fully saturated rings. The highest BCUT2D eigenvalue weighted by molar-refractivity contribution is 5.17. The van der Waals surface area contributed by atoms with Crippen molar-refractivity contribution in [2.45, 2.75) is 12.1 Å². The van der Waals surface area contributed by atoms with Crippen LogP contribution in [-0.4, -0.2) is 37.2 Å². The molecule has 0 spiro atoms. The van der Waals surface area contributed by atoms with Gasteiger partial charge in [-0.25, -0.2) is 0 Å². The minimum Gasteiger partial charge on any atom is -0.468 e. The highest BCUT2D eigenvalue weighted by Crippen LogP contribution is 2.18. The van der Waals surface area contributed by atoms with Crippen LogP contribution >= 0.6 is 0 Å². The zero-order valence-corrected chi connectivity index (χ0v) is 12.0. The molecule has 1 heterocycles. The van der Waals surface area contributed by atoms with Gasteiger partial charge in [0.2, 0.25) is 0 Å². The van der Waals surface area contributed by atoms with Gasteiger partial charge in [-0.3, -0.25) is 4.90 Å². The van der Waals surface area contributed by atoms with Gasteiger partial charge in [0.05, 0.1) is 18.4 Å². The van der Waals surface area contributed by atoms with Crippen LogP contribution in [0, 0.1) is 0 Å². The third kappa shape index (κ3) is 3.93. The standard InChI is InChI=1S/C16H22N2O2/c1-18(2)14(16-9-6-10-20-16)11-17-12-15(19)13-7-4-3-5-8-13/h3-10,14-15,17,19H,11-12H2,1-2H3. The van der Waals surface area contributed by atoms with E-state index in [1.807, 2.05) is 56.6 Å². The van der Waals surface area contributed by atoms with Crippen molar-refractivity contribution in [2.24, 2.45) is 0 Å². The van der Waals surface area contributed by atoms with E-state index in [1.54, 1.807) is 6.26 Å². The van der Waals surface area contributed by atoms with Crippen LogP contribution in [0.15, 0.2) is 53.1 Å². The van der Waals surface area contributed by atoms with Crippen LogP contribution in [0.25, 0.3) is 0 Å². The lowest BCUT2D eigenvalue weighted by atomic mass is 10.1. The van der Waals surface area contributed by atoms with Gasteiger partial charge in [-0.15, -0.1) is 0 Å². The van der Waals surface area contributed by atoms with E-state index in [2.05, 4.69) is 10.2 Å². The first-order chi connectivity index (χ1) is 9.68. The summed E-state index contributed by atoms with van der Waals surface area (Å²) in [5.74, 6) is 0.928. The maximum Gasteiger partial charge on any atom is 0.122 e. The lowest BCUT2D eigenvalue weighted by molar-refractivity contribution is 0.166. The molecule has 2 aromatic rings. The number of aliphatic hydroxyl groups is 1. The number of likely N-dealkylation sites (N-methyl/N-ethyl adjacent to an activating group) is 1. The van der Waals surface area contributed by atoms with Crippen LogP contribution in [-0.2, 0) is 0 Å². The zero-order chi connectivity index (χ0) is 14.4. The largest absolute Gasteiger partial charge is 0.468 e. The number of hydrogen-bond donors (Lipinski definition) is 2. The molecule has 0 radical (unpaired) electrons. The summed E-state index contributed by atoms with van der Waals surface area (Å²) in [6.45, 7) is 1.25. The van der Waals surface area contributed by atoms with E-state index in [0.717, 1.165) is 17.9 Å². The minimum atomic E-state index is -0.490. The Kier molecular flexibility index (Phi) is 5.35. The highest BCUT2D eigenvalue weighted by atomic mass is 16.3. The summed E-state index contributed by atoms with van der Waals surface area (Å²) in [5, 5.41) is 13.4. The van der Waals surface area contributed by atoms with E-state index in [1.165, 1.54) is 0 Å². The molecule has 0 saturated heterocycles. The molecule has 4 heteroatoms. The summed E-state index contributed by atoms with van der Waals surface area (Å²) >= 11 is 0. The van der Waals surface area contributed by atoms with Crippen LogP contribution in [0.3, 0.4) is 0 Å². The summed E-state index contributed by atoms with van der Waals surface area (Å²) in [6.07, 6.45) is 1.19.